The van der Waals surface area contributed by atoms with E-state index in [4.69, 9.17) is 5.73 Å². The second-order valence-corrected chi connectivity index (χ2v) is 3.50. The number of anilines is 1. The Morgan fingerprint density at radius 2 is 2.27 bits per heavy atom. The lowest BCUT2D eigenvalue weighted by Gasteiger charge is -1.99. The maximum absolute atomic E-state index is 12.9. The maximum atomic E-state index is 12.9. The first-order valence-electron chi connectivity index (χ1n) is 4.70. The van der Waals surface area contributed by atoms with Crippen LogP contribution < -0.4 is 5.73 Å². The van der Waals surface area contributed by atoms with Crippen molar-refractivity contribution in [2.75, 3.05) is 5.73 Å². The van der Waals surface area contributed by atoms with Crippen molar-refractivity contribution in [1.82, 2.24) is 9.97 Å². The number of aromatic nitrogens is 2. The van der Waals surface area contributed by atoms with Gasteiger partial charge in [0.1, 0.15) is 5.82 Å². The van der Waals surface area contributed by atoms with Crippen molar-refractivity contribution in [2.45, 2.75) is 13.3 Å². The zero-order valence-electron chi connectivity index (χ0n) is 8.42. The summed E-state index contributed by atoms with van der Waals surface area (Å²) in [5.41, 5.74) is 8.20. The first kappa shape index (κ1) is 9.71. The predicted molar refractivity (Wildman–Crippen MR) is 56.9 cm³/mol. The van der Waals surface area contributed by atoms with Crippen LogP contribution in [0, 0.1) is 12.7 Å². The molecule has 15 heavy (non-hydrogen) atoms. The number of rotatable bonds is 2. The molecule has 0 aliphatic carbocycles. The molecule has 78 valence electrons. The number of H-pyrrole nitrogens is 1. The molecule has 0 saturated carbocycles. The van der Waals surface area contributed by atoms with E-state index in [1.165, 1.54) is 12.1 Å². The van der Waals surface area contributed by atoms with Crippen molar-refractivity contribution in [3.05, 3.63) is 47.0 Å². The van der Waals surface area contributed by atoms with Crippen molar-refractivity contribution in [1.29, 1.82) is 0 Å². The van der Waals surface area contributed by atoms with E-state index >= 15 is 0 Å². The Morgan fingerprint density at radius 1 is 1.47 bits per heavy atom. The van der Waals surface area contributed by atoms with Crippen LogP contribution in [-0.4, -0.2) is 9.97 Å². The Balaban J connectivity index is 2.25. The zero-order chi connectivity index (χ0) is 10.8. The Labute approximate surface area is 87.2 Å². The molecule has 0 amide bonds. The molecule has 0 aliphatic rings. The summed E-state index contributed by atoms with van der Waals surface area (Å²) in [5, 5.41) is 0. The van der Waals surface area contributed by atoms with Gasteiger partial charge in [-0.05, 0) is 24.6 Å². The van der Waals surface area contributed by atoms with Gasteiger partial charge in [-0.15, -0.1) is 0 Å². The van der Waals surface area contributed by atoms with E-state index in [-0.39, 0.29) is 5.82 Å². The fourth-order valence-electron chi connectivity index (χ4n) is 1.53. The third-order valence-electron chi connectivity index (χ3n) is 2.26. The Morgan fingerprint density at radius 3 is 2.87 bits per heavy atom. The predicted octanol–water partition coefficient (Wildman–Crippen LogP) is 2.03. The van der Waals surface area contributed by atoms with Gasteiger partial charge < -0.3 is 10.7 Å². The van der Waals surface area contributed by atoms with E-state index in [0.29, 0.717) is 12.4 Å². The van der Waals surface area contributed by atoms with Crippen LogP contribution in [0.2, 0.25) is 0 Å². The minimum absolute atomic E-state index is 0.228. The highest BCUT2D eigenvalue weighted by molar-refractivity contribution is 5.30. The van der Waals surface area contributed by atoms with Crippen LogP contribution in [0.15, 0.2) is 24.3 Å². The summed E-state index contributed by atoms with van der Waals surface area (Å²) in [6, 6.07) is 6.49. The Kier molecular flexibility index (Phi) is 2.41. The second kappa shape index (κ2) is 3.73. The molecule has 0 aliphatic heterocycles. The van der Waals surface area contributed by atoms with E-state index in [9.17, 15) is 4.39 Å². The molecule has 4 heteroatoms. The number of hydrogen-bond acceptors (Lipinski definition) is 2. The highest BCUT2D eigenvalue weighted by Gasteiger charge is 2.05. The average molecular weight is 205 g/mol. The third kappa shape index (κ3) is 2.15. The summed E-state index contributed by atoms with van der Waals surface area (Å²) in [4.78, 5) is 7.05. The molecule has 1 heterocycles. The first-order valence-corrected chi connectivity index (χ1v) is 4.70. The molecule has 0 fully saturated rings. The van der Waals surface area contributed by atoms with Gasteiger partial charge in [-0.2, -0.15) is 0 Å². The molecule has 0 atom stereocenters. The van der Waals surface area contributed by atoms with Gasteiger partial charge in [0.2, 0.25) is 0 Å². The topological polar surface area (TPSA) is 54.7 Å². The van der Waals surface area contributed by atoms with Crippen molar-refractivity contribution < 1.29 is 4.39 Å². The van der Waals surface area contributed by atoms with Gasteiger partial charge in [0.05, 0.1) is 5.69 Å². The third-order valence-corrected chi connectivity index (χ3v) is 2.26. The van der Waals surface area contributed by atoms with Gasteiger partial charge >= 0.3 is 0 Å². The van der Waals surface area contributed by atoms with E-state index in [1.807, 2.05) is 13.0 Å². The summed E-state index contributed by atoms with van der Waals surface area (Å²) in [6.07, 6.45) is 0.595. The van der Waals surface area contributed by atoms with E-state index in [2.05, 4.69) is 9.97 Å². The molecule has 0 unspecified atom stereocenters. The molecule has 2 rings (SSSR count). The van der Waals surface area contributed by atoms with Gasteiger partial charge in [-0.3, -0.25) is 0 Å². The summed E-state index contributed by atoms with van der Waals surface area (Å²) in [7, 11) is 0. The molecule has 1 aromatic carbocycles. The second-order valence-electron chi connectivity index (χ2n) is 3.50. The number of hydrogen-bond donors (Lipinski definition) is 2. The number of nitrogen functional groups attached to an aromatic ring is 1. The van der Waals surface area contributed by atoms with Gasteiger partial charge in [0.15, 0.2) is 5.95 Å². The van der Waals surface area contributed by atoms with E-state index in [0.717, 1.165) is 17.0 Å². The van der Waals surface area contributed by atoms with Crippen LogP contribution in [0.4, 0.5) is 10.3 Å². The number of halogens is 1. The quantitative estimate of drug-likeness (QED) is 0.788. The van der Waals surface area contributed by atoms with Gasteiger partial charge in [-0.1, -0.05) is 12.1 Å². The molecule has 0 saturated heterocycles. The summed E-state index contributed by atoms with van der Waals surface area (Å²) >= 11 is 0. The van der Waals surface area contributed by atoms with Crippen LogP contribution in [-0.2, 0) is 6.42 Å². The number of aryl methyl sites for hydroxylation is 1. The minimum Gasteiger partial charge on any atom is -0.369 e. The summed E-state index contributed by atoms with van der Waals surface area (Å²) < 4.78 is 12.9. The molecule has 3 nitrogen and oxygen atoms in total. The maximum Gasteiger partial charge on any atom is 0.197 e. The van der Waals surface area contributed by atoms with Crippen LogP contribution in [0.25, 0.3) is 0 Å². The number of nitrogens with two attached hydrogens (primary N) is 1. The molecule has 0 spiro atoms. The normalized spacial score (nSPS) is 10.5. The Bertz CT molecular complexity index is 476. The summed E-state index contributed by atoms with van der Waals surface area (Å²) in [5.74, 6) is 0.174. The molecule has 2 aromatic rings. The van der Waals surface area contributed by atoms with Crippen LogP contribution >= 0.6 is 0 Å². The standard InChI is InChI=1S/C11H12FN3/c1-7-10(15-11(13)14-7)6-8-3-2-4-9(12)5-8/h2-5H,6H2,1H3,(H3,13,14,15). The first-order chi connectivity index (χ1) is 7.15. The molecular formula is C11H12FN3. The lowest BCUT2D eigenvalue weighted by molar-refractivity contribution is 0.626. The Hall–Kier alpha value is -1.84. The monoisotopic (exact) mass is 205 g/mol. The molecular weight excluding hydrogens is 193 g/mol. The smallest absolute Gasteiger partial charge is 0.197 e. The number of imidazole rings is 1. The minimum atomic E-state index is -0.228. The van der Waals surface area contributed by atoms with Crippen molar-refractivity contribution >= 4 is 5.95 Å². The number of aromatic amines is 1. The fraction of sp³-hybridized carbons (Fsp3) is 0.182. The van der Waals surface area contributed by atoms with Crippen LogP contribution in [0.3, 0.4) is 0 Å². The summed E-state index contributed by atoms with van der Waals surface area (Å²) in [6.45, 7) is 1.90. The number of nitrogens with zero attached hydrogens (tertiary/aromatic N) is 1. The van der Waals surface area contributed by atoms with Gasteiger partial charge in [0.25, 0.3) is 0 Å². The SMILES string of the molecule is Cc1[nH]c(N)nc1Cc1cccc(F)c1. The van der Waals surface area contributed by atoms with Crippen molar-refractivity contribution in [3.8, 4) is 0 Å². The van der Waals surface area contributed by atoms with Crippen molar-refractivity contribution in [2.24, 2.45) is 0 Å². The van der Waals surface area contributed by atoms with Gasteiger partial charge in [-0.25, -0.2) is 9.37 Å². The number of benzene rings is 1. The highest BCUT2D eigenvalue weighted by Crippen LogP contribution is 2.13. The van der Waals surface area contributed by atoms with Gasteiger partial charge in [0, 0.05) is 12.1 Å². The van der Waals surface area contributed by atoms with Crippen LogP contribution in [0.5, 0.6) is 0 Å². The largest absolute Gasteiger partial charge is 0.369 e. The molecule has 0 bridgehead atoms. The average Bonchev–Trinajstić information content (AvgIpc) is 2.45. The molecule has 3 N–H and O–H groups in total. The molecule has 1 aromatic heterocycles. The van der Waals surface area contributed by atoms with Crippen molar-refractivity contribution in [3.63, 3.8) is 0 Å². The highest BCUT2D eigenvalue weighted by atomic mass is 19.1. The van der Waals surface area contributed by atoms with E-state index < -0.39 is 0 Å². The molecule has 0 radical (unpaired) electrons. The van der Waals surface area contributed by atoms with Crippen LogP contribution in [0.1, 0.15) is 17.0 Å². The zero-order valence-corrected chi connectivity index (χ0v) is 8.42. The lowest BCUT2D eigenvalue weighted by Crippen LogP contribution is -1.92. The lowest BCUT2D eigenvalue weighted by atomic mass is 10.1. The van der Waals surface area contributed by atoms with E-state index in [1.54, 1.807) is 6.07 Å². The number of nitrogens with one attached hydrogen (secondary N) is 1. The fourth-order valence-corrected chi connectivity index (χ4v) is 1.53.